The summed E-state index contributed by atoms with van der Waals surface area (Å²) in [5.41, 5.74) is 9.27. The van der Waals surface area contributed by atoms with Gasteiger partial charge in [0.25, 0.3) is 0 Å². The molecule has 0 unspecified atom stereocenters. The molecule has 1 N–H and O–H groups in total. The highest BCUT2D eigenvalue weighted by atomic mass is 15.3. The number of hydrazone groups is 1. The number of aromatic nitrogens is 3. The van der Waals surface area contributed by atoms with Crippen LogP contribution >= 0.6 is 0 Å². The standard InChI is InChI=1S/C19H21N5/c1-13-10-14(2)22-19(21-13)23-20-12-17-11-15(3)24(16(17)4)18-8-6-5-7-9-18/h5-12H,1-4H3,(H,21,22,23)/b20-12+. The van der Waals surface area contributed by atoms with E-state index in [4.69, 9.17) is 0 Å². The molecule has 0 bridgehead atoms. The number of rotatable bonds is 4. The van der Waals surface area contributed by atoms with Gasteiger partial charge in [0.2, 0.25) is 5.95 Å². The van der Waals surface area contributed by atoms with Crippen LogP contribution in [0.1, 0.15) is 28.3 Å². The van der Waals surface area contributed by atoms with Gasteiger partial charge in [-0.15, -0.1) is 0 Å². The van der Waals surface area contributed by atoms with Gasteiger partial charge in [0.15, 0.2) is 0 Å². The van der Waals surface area contributed by atoms with Gasteiger partial charge in [-0.2, -0.15) is 5.10 Å². The van der Waals surface area contributed by atoms with E-state index in [1.54, 1.807) is 0 Å². The largest absolute Gasteiger partial charge is 0.318 e. The van der Waals surface area contributed by atoms with Crippen molar-refractivity contribution < 1.29 is 0 Å². The van der Waals surface area contributed by atoms with E-state index in [9.17, 15) is 0 Å². The molecule has 0 saturated carbocycles. The van der Waals surface area contributed by atoms with Crippen molar-refractivity contribution >= 4 is 12.2 Å². The first kappa shape index (κ1) is 15.9. The van der Waals surface area contributed by atoms with Crippen LogP contribution in [0.5, 0.6) is 0 Å². The van der Waals surface area contributed by atoms with E-state index in [-0.39, 0.29) is 0 Å². The van der Waals surface area contributed by atoms with Crippen molar-refractivity contribution in [3.63, 3.8) is 0 Å². The molecule has 1 aromatic carbocycles. The molecule has 5 nitrogen and oxygen atoms in total. The molecule has 0 aliphatic rings. The molecule has 0 fully saturated rings. The molecule has 0 spiro atoms. The molecular formula is C19H21N5. The lowest BCUT2D eigenvalue weighted by Gasteiger charge is -2.09. The summed E-state index contributed by atoms with van der Waals surface area (Å²) < 4.78 is 2.22. The molecule has 0 radical (unpaired) electrons. The molecule has 0 amide bonds. The van der Waals surface area contributed by atoms with Crippen LogP contribution in [0, 0.1) is 27.7 Å². The van der Waals surface area contributed by atoms with Crippen molar-refractivity contribution in [2.75, 3.05) is 5.43 Å². The van der Waals surface area contributed by atoms with Crippen LogP contribution in [-0.4, -0.2) is 20.7 Å². The van der Waals surface area contributed by atoms with Gasteiger partial charge >= 0.3 is 0 Å². The number of aryl methyl sites for hydroxylation is 3. The van der Waals surface area contributed by atoms with Crippen molar-refractivity contribution in [3.05, 3.63) is 70.8 Å². The summed E-state index contributed by atoms with van der Waals surface area (Å²) in [4.78, 5) is 8.63. The van der Waals surface area contributed by atoms with Gasteiger partial charge in [0, 0.05) is 34.0 Å². The molecule has 0 atom stereocenters. The van der Waals surface area contributed by atoms with Gasteiger partial charge in [0.05, 0.1) is 6.21 Å². The van der Waals surface area contributed by atoms with Crippen LogP contribution in [0.4, 0.5) is 5.95 Å². The minimum Gasteiger partial charge on any atom is -0.318 e. The second-order valence-electron chi connectivity index (χ2n) is 5.84. The van der Waals surface area contributed by atoms with Crippen molar-refractivity contribution in [3.8, 4) is 5.69 Å². The fourth-order valence-electron chi connectivity index (χ4n) is 2.83. The van der Waals surface area contributed by atoms with E-state index in [0.29, 0.717) is 5.95 Å². The lowest BCUT2D eigenvalue weighted by Crippen LogP contribution is -2.01. The Morgan fingerprint density at radius 1 is 0.958 bits per heavy atom. The Bertz CT molecular complexity index is 858. The first-order chi connectivity index (χ1) is 11.5. The number of nitrogens with one attached hydrogen (secondary N) is 1. The molecule has 5 heteroatoms. The van der Waals surface area contributed by atoms with Crippen molar-refractivity contribution in [1.82, 2.24) is 14.5 Å². The predicted molar refractivity (Wildman–Crippen MR) is 98.0 cm³/mol. The van der Waals surface area contributed by atoms with Crippen LogP contribution in [0.3, 0.4) is 0 Å². The number of anilines is 1. The summed E-state index contributed by atoms with van der Waals surface area (Å²) in [5, 5.41) is 4.29. The Morgan fingerprint density at radius 2 is 1.62 bits per heavy atom. The van der Waals surface area contributed by atoms with E-state index in [0.717, 1.165) is 28.3 Å². The van der Waals surface area contributed by atoms with Crippen molar-refractivity contribution in [2.45, 2.75) is 27.7 Å². The van der Waals surface area contributed by atoms with Crippen LogP contribution < -0.4 is 5.43 Å². The van der Waals surface area contributed by atoms with Crippen LogP contribution in [0.2, 0.25) is 0 Å². The third-order valence-corrected chi connectivity index (χ3v) is 3.84. The topological polar surface area (TPSA) is 55.1 Å². The molecule has 122 valence electrons. The highest BCUT2D eigenvalue weighted by Gasteiger charge is 2.08. The van der Waals surface area contributed by atoms with Crippen LogP contribution in [0.25, 0.3) is 5.69 Å². The molecular weight excluding hydrogens is 298 g/mol. The zero-order valence-electron chi connectivity index (χ0n) is 14.4. The Labute approximate surface area is 142 Å². The molecule has 0 aliphatic carbocycles. The van der Waals surface area contributed by atoms with Crippen LogP contribution in [0.15, 0.2) is 47.6 Å². The SMILES string of the molecule is Cc1cc(C)nc(N/N=C/c2cc(C)n(-c3ccccc3)c2C)n1. The number of benzene rings is 1. The summed E-state index contributed by atoms with van der Waals surface area (Å²) >= 11 is 0. The fraction of sp³-hybridized carbons (Fsp3) is 0.211. The normalized spacial score (nSPS) is 11.2. The third-order valence-electron chi connectivity index (χ3n) is 3.84. The maximum Gasteiger partial charge on any atom is 0.243 e. The van der Waals surface area contributed by atoms with E-state index in [1.807, 2.05) is 44.3 Å². The van der Waals surface area contributed by atoms with Crippen molar-refractivity contribution in [2.24, 2.45) is 5.10 Å². The molecule has 0 saturated heterocycles. The average molecular weight is 319 g/mol. The molecule has 3 aromatic rings. The Morgan fingerprint density at radius 3 is 2.29 bits per heavy atom. The molecule has 24 heavy (non-hydrogen) atoms. The first-order valence-corrected chi connectivity index (χ1v) is 7.90. The van der Waals surface area contributed by atoms with Gasteiger partial charge < -0.3 is 4.57 Å². The van der Waals surface area contributed by atoms with E-state index in [1.165, 1.54) is 5.69 Å². The van der Waals surface area contributed by atoms with E-state index < -0.39 is 0 Å². The lowest BCUT2D eigenvalue weighted by molar-refractivity contribution is 0.965. The van der Waals surface area contributed by atoms with Crippen molar-refractivity contribution in [1.29, 1.82) is 0 Å². The first-order valence-electron chi connectivity index (χ1n) is 7.90. The van der Waals surface area contributed by atoms with E-state index >= 15 is 0 Å². The second-order valence-corrected chi connectivity index (χ2v) is 5.84. The Balaban J connectivity index is 1.83. The summed E-state index contributed by atoms with van der Waals surface area (Å²) in [5.74, 6) is 0.514. The zero-order chi connectivity index (χ0) is 17.1. The maximum atomic E-state index is 4.32. The summed E-state index contributed by atoms with van der Waals surface area (Å²) in [6.07, 6.45) is 1.81. The van der Waals surface area contributed by atoms with Gasteiger partial charge in [-0.05, 0) is 52.0 Å². The zero-order valence-corrected chi connectivity index (χ0v) is 14.4. The summed E-state index contributed by atoms with van der Waals surface area (Å²) in [7, 11) is 0. The second kappa shape index (κ2) is 6.66. The smallest absolute Gasteiger partial charge is 0.243 e. The number of nitrogens with zero attached hydrogens (tertiary/aromatic N) is 4. The van der Waals surface area contributed by atoms with Gasteiger partial charge in [-0.25, -0.2) is 15.4 Å². The average Bonchev–Trinajstić information content (AvgIpc) is 2.81. The van der Waals surface area contributed by atoms with Gasteiger partial charge in [-0.3, -0.25) is 0 Å². The molecule has 3 rings (SSSR count). The Hall–Kier alpha value is -2.95. The third kappa shape index (κ3) is 3.35. The van der Waals surface area contributed by atoms with Crippen LogP contribution in [-0.2, 0) is 0 Å². The Kier molecular flexibility index (Phi) is 4.42. The summed E-state index contributed by atoms with van der Waals surface area (Å²) in [6, 6.07) is 14.4. The summed E-state index contributed by atoms with van der Waals surface area (Å²) in [6.45, 7) is 8.07. The fourth-order valence-corrected chi connectivity index (χ4v) is 2.83. The molecule has 2 heterocycles. The van der Waals surface area contributed by atoms with E-state index in [2.05, 4.69) is 57.1 Å². The lowest BCUT2D eigenvalue weighted by atomic mass is 10.2. The minimum atomic E-state index is 0.514. The number of para-hydroxylation sites is 1. The quantitative estimate of drug-likeness (QED) is 0.585. The minimum absolute atomic E-state index is 0.514. The highest BCUT2D eigenvalue weighted by Crippen LogP contribution is 2.19. The highest BCUT2D eigenvalue weighted by molar-refractivity contribution is 5.82. The maximum absolute atomic E-state index is 4.32. The van der Waals surface area contributed by atoms with Gasteiger partial charge in [0.1, 0.15) is 0 Å². The monoisotopic (exact) mass is 319 g/mol. The molecule has 0 aliphatic heterocycles. The number of hydrogen-bond acceptors (Lipinski definition) is 4. The van der Waals surface area contributed by atoms with Gasteiger partial charge in [-0.1, -0.05) is 18.2 Å². The number of hydrogen-bond donors (Lipinski definition) is 1. The molecule has 2 aromatic heterocycles. The predicted octanol–water partition coefficient (Wildman–Crippen LogP) is 3.95.